The second-order valence-corrected chi connectivity index (χ2v) is 3.53. The Morgan fingerprint density at radius 2 is 1.79 bits per heavy atom. The molecule has 0 bridgehead atoms. The maximum Gasteiger partial charge on any atom is 0.0372 e. The summed E-state index contributed by atoms with van der Waals surface area (Å²) in [6.45, 7) is 10.4. The molecule has 0 heterocycles. The summed E-state index contributed by atoms with van der Waals surface area (Å²) in [5, 5.41) is 0. The summed E-state index contributed by atoms with van der Waals surface area (Å²) in [7, 11) is 0. The molecule has 0 N–H and O–H groups in total. The van der Waals surface area contributed by atoms with Gasteiger partial charge in [0.25, 0.3) is 0 Å². The van der Waals surface area contributed by atoms with Crippen LogP contribution in [0.5, 0.6) is 0 Å². The first-order valence-electron chi connectivity index (χ1n) is 5.11. The van der Waals surface area contributed by atoms with Crippen LogP contribution in [0.25, 0.3) is 0 Å². The Morgan fingerprint density at radius 1 is 1.14 bits per heavy atom. The third-order valence-corrected chi connectivity index (χ3v) is 1.94. The highest BCUT2D eigenvalue weighted by atomic mass is 14.7. The molecule has 0 unspecified atom stereocenters. The molecule has 0 amide bonds. The normalized spacial score (nSPS) is 15.0. The molecule has 0 radical (unpaired) electrons. The highest BCUT2D eigenvalue weighted by Gasteiger charge is 1.96. The first-order valence-corrected chi connectivity index (χ1v) is 5.11. The highest BCUT2D eigenvalue weighted by Crippen LogP contribution is 2.10. The first-order chi connectivity index (χ1) is 6.61. The second-order valence-electron chi connectivity index (χ2n) is 3.53. The minimum absolute atomic E-state index is 0.575. The van der Waals surface area contributed by atoms with Gasteiger partial charge < -0.3 is 0 Å². The second kappa shape index (κ2) is 7.31. The Morgan fingerprint density at radius 3 is 2.21 bits per heavy atom. The molecule has 78 valence electrons. The zero-order valence-corrected chi connectivity index (χ0v) is 9.91. The summed E-state index contributed by atoms with van der Waals surface area (Å²) >= 11 is 0. The number of nitrogens with zero attached hydrogens (tertiary/aromatic N) is 1. The van der Waals surface area contributed by atoms with Gasteiger partial charge in [-0.25, -0.2) is 0 Å². The fourth-order valence-corrected chi connectivity index (χ4v) is 1.07. The Labute approximate surface area is 87.9 Å². The number of hydrogen-bond acceptors (Lipinski definition) is 1. The largest absolute Gasteiger partial charge is 0.262 e. The van der Waals surface area contributed by atoms with Crippen molar-refractivity contribution in [1.82, 2.24) is 0 Å². The number of allylic oxidation sites excluding steroid dienone is 5. The summed E-state index contributed by atoms with van der Waals surface area (Å²) in [5.74, 6) is 0.575. The van der Waals surface area contributed by atoms with Gasteiger partial charge in [-0.2, -0.15) is 0 Å². The number of aliphatic imine (C=N–C) groups is 1. The third-order valence-electron chi connectivity index (χ3n) is 1.94. The van der Waals surface area contributed by atoms with Crippen molar-refractivity contribution in [2.45, 2.75) is 34.6 Å². The summed E-state index contributed by atoms with van der Waals surface area (Å²) in [6, 6.07) is 0. The van der Waals surface area contributed by atoms with E-state index in [1.54, 1.807) is 0 Å². The molecule has 0 aliphatic rings. The molecule has 0 fully saturated rings. The molecular weight excluding hydrogens is 170 g/mol. The van der Waals surface area contributed by atoms with E-state index in [0.29, 0.717) is 5.92 Å². The molecule has 0 rings (SSSR count). The van der Waals surface area contributed by atoms with Gasteiger partial charge in [0, 0.05) is 11.9 Å². The predicted octanol–water partition coefficient (Wildman–Crippen LogP) is 4.14. The van der Waals surface area contributed by atoms with Crippen molar-refractivity contribution in [2.24, 2.45) is 10.9 Å². The van der Waals surface area contributed by atoms with Crippen LogP contribution in [0.2, 0.25) is 0 Å². The quantitative estimate of drug-likeness (QED) is 0.468. The lowest BCUT2D eigenvalue weighted by atomic mass is 10.0. The third kappa shape index (κ3) is 5.52. The van der Waals surface area contributed by atoms with Gasteiger partial charge in [-0.3, -0.25) is 4.99 Å². The minimum atomic E-state index is 0.575. The Balaban J connectivity index is 4.43. The molecule has 0 aliphatic carbocycles. The maximum absolute atomic E-state index is 4.23. The van der Waals surface area contributed by atoms with Crippen molar-refractivity contribution < 1.29 is 0 Å². The zero-order valence-electron chi connectivity index (χ0n) is 9.91. The molecule has 0 aromatic carbocycles. The van der Waals surface area contributed by atoms with Crippen molar-refractivity contribution >= 4 is 5.71 Å². The van der Waals surface area contributed by atoms with Gasteiger partial charge in [0.05, 0.1) is 0 Å². The zero-order chi connectivity index (χ0) is 11.0. The summed E-state index contributed by atoms with van der Waals surface area (Å²) in [5.41, 5.74) is 2.38. The van der Waals surface area contributed by atoms with E-state index in [1.165, 1.54) is 5.57 Å². The molecule has 0 saturated carbocycles. The van der Waals surface area contributed by atoms with Crippen molar-refractivity contribution in [3.05, 3.63) is 36.1 Å². The van der Waals surface area contributed by atoms with E-state index in [1.807, 2.05) is 26.1 Å². The van der Waals surface area contributed by atoms with Crippen molar-refractivity contribution in [3.63, 3.8) is 0 Å². The molecular formula is C13H21N. The van der Waals surface area contributed by atoms with Crippen LogP contribution in [0.3, 0.4) is 0 Å². The van der Waals surface area contributed by atoms with Gasteiger partial charge in [0.15, 0.2) is 0 Å². The number of hydrogen-bond donors (Lipinski definition) is 0. The molecule has 14 heavy (non-hydrogen) atoms. The van der Waals surface area contributed by atoms with Crippen LogP contribution < -0.4 is 0 Å². The van der Waals surface area contributed by atoms with Crippen LogP contribution >= 0.6 is 0 Å². The molecule has 0 aromatic heterocycles. The summed E-state index contributed by atoms with van der Waals surface area (Å²) < 4.78 is 0. The summed E-state index contributed by atoms with van der Waals surface area (Å²) in [4.78, 5) is 4.23. The Bertz CT molecular complexity index is 265. The SMILES string of the molecule is C\C=C/N=C(C)\C=C/C(=C\C)C(C)C. The van der Waals surface area contributed by atoms with Crippen molar-refractivity contribution in [1.29, 1.82) is 0 Å². The van der Waals surface area contributed by atoms with Gasteiger partial charge in [-0.05, 0) is 38.3 Å². The van der Waals surface area contributed by atoms with E-state index in [9.17, 15) is 0 Å². The van der Waals surface area contributed by atoms with Gasteiger partial charge in [-0.15, -0.1) is 0 Å². The van der Waals surface area contributed by atoms with Crippen LogP contribution in [0.15, 0.2) is 41.1 Å². The van der Waals surface area contributed by atoms with E-state index in [4.69, 9.17) is 0 Å². The Hall–Kier alpha value is -1.11. The average Bonchev–Trinajstić information content (AvgIpc) is 2.15. The average molecular weight is 191 g/mol. The Kier molecular flexibility index (Phi) is 6.73. The molecule has 1 nitrogen and oxygen atoms in total. The molecule has 0 aliphatic heterocycles. The molecule has 0 aromatic rings. The minimum Gasteiger partial charge on any atom is -0.262 e. The standard InChI is InChI=1S/C13H21N/c1-6-10-14-12(5)8-9-13(7-2)11(3)4/h6-11H,1-5H3/b9-8-,10-6-,13-7+,14-12-. The molecule has 0 atom stereocenters. The smallest absolute Gasteiger partial charge is 0.0372 e. The molecule has 0 saturated heterocycles. The van der Waals surface area contributed by atoms with E-state index in [0.717, 1.165) is 5.71 Å². The first kappa shape index (κ1) is 12.9. The lowest BCUT2D eigenvalue weighted by Gasteiger charge is -2.04. The van der Waals surface area contributed by atoms with Gasteiger partial charge in [0.2, 0.25) is 0 Å². The van der Waals surface area contributed by atoms with E-state index < -0.39 is 0 Å². The predicted molar refractivity (Wildman–Crippen MR) is 65.7 cm³/mol. The number of rotatable bonds is 4. The van der Waals surface area contributed by atoms with Gasteiger partial charge in [-0.1, -0.05) is 32.1 Å². The van der Waals surface area contributed by atoms with Crippen LogP contribution in [-0.4, -0.2) is 5.71 Å². The van der Waals surface area contributed by atoms with Crippen molar-refractivity contribution in [3.8, 4) is 0 Å². The maximum atomic E-state index is 4.23. The van der Waals surface area contributed by atoms with Crippen molar-refractivity contribution in [2.75, 3.05) is 0 Å². The van der Waals surface area contributed by atoms with Crippen LogP contribution in [-0.2, 0) is 0 Å². The molecule has 1 heteroatoms. The highest BCUT2D eigenvalue weighted by molar-refractivity contribution is 5.93. The van der Waals surface area contributed by atoms with Crippen LogP contribution in [0.4, 0.5) is 0 Å². The van der Waals surface area contributed by atoms with Crippen LogP contribution in [0, 0.1) is 5.92 Å². The topological polar surface area (TPSA) is 12.4 Å². The van der Waals surface area contributed by atoms with E-state index >= 15 is 0 Å². The lowest BCUT2D eigenvalue weighted by Crippen LogP contribution is -1.91. The fraction of sp³-hybridized carbons (Fsp3) is 0.462. The lowest BCUT2D eigenvalue weighted by molar-refractivity contribution is 0.790. The van der Waals surface area contributed by atoms with E-state index in [2.05, 4.69) is 44.0 Å². The molecule has 0 spiro atoms. The fourth-order valence-electron chi connectivity index (χ4n) is 1.07. The van der Waals surface area contributed by atoms with Gasteiger partial charge >= 0.3 is 0 Å². The van der Waals surface area contributed by atoms with Crippen LogP contribution in [0.1, 0.15) is 34.6 Å². The van der Waals surface area contributed by atoms with E-state index in [-0.39, 0.29) is 0 Å². The van der Waals surface area contributed by atoms with Gasteiger partial charge in [0.1, 0.15) is 0 Å². The summed E-state index contributed by atoms with van der Waals surface area (Å²) in [6.07, 6.45) is 10.1. The monoisotopic (exact) mass is 191 g/mol.